The first-order valence-electron chi connectivity index (χ1n) is 13.3. The number of pyridine rings is 1. The maximum absolute atomic E-state index is 12.3. The van der Waals surface area contributed by atoms with Crippen molar-refractivity contribution in [1.29, 1.82) is 0 Å². The summed E-state index contributed by atoms with van der Waals surface area (Å²) in [6.07, 6.45) is -0.376. The molecule has 2 fully saturated rings. The molecule has 2 aromatic carbocycles. The van der Waals surface area contributed by atoms with E-state index in [1.165, 1.54) is 4.90 Å². The molecular weight excluding hydrogens is 496 g/mol. The van der Waals surface area contributed by atoms with Crippen LogP contribution < -0.4 is 19.7 Å². The third-order valence-electron chi connectivity index (χ3n) is 7.20. The van der Waals surface area contributed by atoms with Gasteiger partial charge in [-0.25, -0.2) is 9.78 Å². The Morgan fingerprint density at radius 2 is 1.85 bits per heavy atom. The molecule has 39 heavy (non-hydrogen) atoms. The minimum atomic E-state index is -0.536. The molecule has 5 rings (SSSR count). The summed E-state index contributed by atoms with van der Waals surface area (Å²) in [4.78, 5) is 33.2. The number of carbonyl (C=O) groups is 2. The lowest BCUT2D eigenvalue weighted by atomic mass is 10.0. The van der Waals surface area contributed by atoms with Gasteiger partial charge < -0.3 is 29.3 Å². The fourth-order valence-electron chi connectivity index (χ4n) is 5.11. The summed E-state index contributed by atoms with van der Waals surface area (Å²) in [5.74, 6) is 1.96. The van der Waals surface area contributed by atoms with Crippen LogP contribution in [-0.2, 0) is 9.53 Å². The van der Waals surface area contributed by atoms with Crippen molar-refractivity contribution in [2.24, 2.45) is 11.8 Å². The first-order valence-corrected chi connectivity index (χ1v) is 13.3. The van der Waals surface area contributed by atoms with Crippen LogP contribution >= 0.6 is 0 Å². The second kappa shape index (κ2) is 10.6. The summed E-state index contributed by atoms with van der Waals surface area (Å²) in [5.41, 5.74) is 3.17. The summed E-state index contributed by atoms with van der Waals surface area (Å²) in [6.45, 7) is 8.55. The largest absolute Gasteiger partial charge is 0.497 e. The van der Waals surface area contributed by atoms with E-state index in [0.717, 1.165) is 46.7 Å². The van der Waals surface area contributed by atoms with Gasteiger partial charge in [-0.3, -0.25) is 4.79 Å². The number of methoxy groups -OCH3 is 1. The lowest BCUT2D eigenvalue weighted by Gasteiger charge is -2.24. The highest BCUT2D eigenvalue weighted by Gasteiger charge is 2.42. The molecular formula is C30H36N4O5. The molecule has 2 unspecified atom stereocenters. The highest BCUT2D eigenvalue weighted by molar-refractivity contribution is 5.96. The van der Waals surface area contributed by atoms with Crippen LogP contribution in [-0.4, -0.2) is 74.4 Å². The van der Waals surface area contributed by atoms with Gasteiger partial charge in [0.25, 0.3) is 0 Å². The van der Waals surface area contributed by atoms with Crippen molar-refractivity contribution >= 4 is 28.6 Å². The minimum Gasteiger partial charge on any atom is -0.497 e. The van der Waals surface area contributed by atoms with Crippen LogP contribution in [0.2, 0.25) is 0 Å². The molecule has 2 aliphatic rings. The van der Waals surface area contributed by atoms with Gasteiger partial charge in [0.2, 0.25) is 5.91 Å². The second-order valence-electron chi connectivity index (χ2n) is 11.2. The number of carbonyl (C=O) groups excluding carboxylic acids is 2. The normalized spacial score (nSPS) is 18.6. The van der Waals surface area contributed by atoms with Gasteiger partial charge in [0.15, 0.2) is 0 Å². The Labute approximate surface area is 229 Å². The number of rotatable bonds is 7. The van der Waals surface area contributed by atoms with Crippen molar-refractivity contribution in [2.75, 3.05) is 51.8 Å². The van der Waals surface area contributed by atoms with Gasteiger partial charge in [-0.15, -0.1) is 0 Å². The van der Waals surface area contributed by atoms with Crippen LogP contribution in [0.3, 0.4) is 0 Å². The number of fused-ring (bicyclic) bond motifs is 2. The SMILES string of the molecule is COc1ccc2c(N3CC4CNC(=O)C4C3)cc(-c3ccc(OCCN(C)C(=O)OC(C)(C)C)cc3)nc2c1. The first-order chi connectivity index (χ1) is 18.6. The van der Waals surface area contributed by atoms with Crippen molar-refractivity contribution in [1.82, 2.24) is 15.2 Å². The van der Waals surface area contributed by atoms with E-state index in [1.807, 2.05) is 63.2 Å². The molecule has 0 radical (unpaired) electrons. The van der Waals surface area contributed by atoms with Crippen molar-refractivity contribution in [3.8, 4) is 22.8 Å². The fourth-order valence-corrected chi connectivity index (χ4v) is 5.11. The smallest absolute Gasteiger partial charge is 0.410 e. The standard InChI is InChI=1S/C30H36N4O5/c1-30(2,3)39-29(36)33(4)12-13-38-21-8-6-19(7-9-21)25-15-27(23-11-10-22(37-5)14-26(23)32-25)34-17-20-16-31-28(35)24(20)18-34/h6-11,14-15,20,24H,12-13,16-18H2,1-5H3,(H,31,35). The molecule has 2 saturated heterocycles. The molecule has 1 aromatic heterocycles. The summed E-state index contributed by atoms with van der Waals surface area (Å²) in [7, 11) is 3.34. The Bertz CT molecular complexity index is 1370. The molecule has 0 aliphatic carbocycles. The van der Waals surface area contributed by atoms with Crippen LogP contribution in [0.15, 0.2) is 48.5 Å². The first kappa shape index (κ1) is 26.6. The van der Waals surface area contributed by atoms with Gasteiger partial charge in [-0.1, -0.05) is 0 Å². The molecule has 2 atom stereocenters. The van der Waals surface area contributed by atoms with Gasteiger partial charge in [0.1, 0.15) is 23.7 Å². The van der Waals surface area contributed by atoms with Crippen molar-refractivity contribution < 1.29 is 23.8 Å². The molecule has 3 heterocycles. The molecule has 3 aromatic rings. The number of hydrogen-bond acceptors (Lipinski definition) is 7. The fraction of sp³-hybridized carbons (Fsp3) is 0.433. The number of ether oxygens (including phenoxy) is 3. The average Bonchev–Trinajstić information content (AvgIpc) is 3.48. The molecule has 206 valence electrons. The van der Waals surface area contributed by atoms with Gasteiger partial charge in [0.05, 0.1) is 30.8 Å². The molecule has 2 aliphatic heterocycles. The van der Waals surface area contributed by atoms with Crippen LogP contribution in [0.5, 0.6) is 11.5 Å². The summed E-state index contributed by atoms with van der Waals surface area (Å²) in [5, 5.41) is 4.03. The van der Waals surface area contributed by atoms with E-state index in [9.17, 15) is 9.59 Å². The number of hydrogen-bond donors (Lipinski definition) is 1. The van der Waals surface area contributed by atoms with Crippen molar-refractivity contribution in [3.05, 3.63) is 48.5 Å². The zero-order valence-electron chi connectivity index (χ0n) is 23.2. The van der Waals surface area contributed by atoms with E-state index < -0.39 is 5.60 Å². The molecule has 0 bridgehead atoms. The number of nitrogens with one attached hydrogen (secondary N) is 1. The third kappa shape index (κ3) is 5.87. The number of benzene rings is 2. The lowest BCUT2D eigenvalue weighted by molar-refractivity contribution is -0.122. The lowest BCUT2D eigenvalue weighted by Crippen LogP contribution is -2.36. The molecule has 2 amide bonds. The highest BCUT2D eigenvalue weighted by atomic mass is 16.6. The van der Waals surface area contributed by atoms with Crippen LogP contribution in [0.1, 0.15) is 20.8 Å². The average molecular weight is 533 g/mol. The number of likely N-dealkylation sites (N-methyl/N-ethyl adjacent to an activating group) is 1. The predicted molar refractivity (Wildman–Crippen MR) is 150 cm³/mol. The quantitative estimate of drug-likeness (QED) is 0.484. The van der Waals surface area contributed by atoms with E-state index in [-0.39, 0.29) is 17.9 Å². The Balaban J connectivity index is 1.33. The van der Waals surface area contributed by atoms with E-state index in [0.29, 0.717) is 31.4 Å². The summed E-state index contributed by atoms with van der Waals surface area (Å²) >= 11 is 0. The van der Waals surface area contributed by atoms with E-state index in [4.69, 9.17) is 19.2 Å². The number of amides is 2. The molecule has 1 N–H and O–H groups in total. The van der Waals surface area contributed by atoms with Crippen LogP contribution in [0.25, 0.3) is 22.2 Å². The van der Waals surface area contributed by atoms with Crippen molar-refractivity contribution in [3.63, 3.8) is 0 Å². The predicted octanol–water partition coefficient (Wildman–Crippen LogP) is 4.34. The number of aromatic nitrogens is 1. The Hall–Kier alpha value is -4.01. The third-order valence-corrected chi connectivity index (χ3v) is 7.20. The maximum atomic E-state index is 12.3. The van der Waals surface area contributed by atoms with E-state index in [1.54, 1.807) is 14.2 Å². The van der Waals surface area contributed by atoms with E-state index >= 15 is 0 Å². The van der Waals surface area contributed by atoms with E-state index in [2.05, 4.69) is 16.3 Å². The van der Waals surface area contributed by atoms with Crippen molar-refractivity contribution in [2.45, 2.75) is 26.4 Å². The molecule has 9 heteroatoms. The number of nitrogens with zero attached hydrogens (tertiary/aromatic N) is 3. The monoisotopic (exact) mass is 532 g/mol. The van der Waals surface area contributed by atoms with Gasteiger partial charge in [0, 0.05) is 55.3 Å². The Morgan fingerprint density at radius 3 is 2.54 bits per heavy atom. The van der Waals surface area contributed by atoms with Gasteiger partial charge >= 0.3 is 6.09 Å². The highest BCUT2D eigenvalue weighted by Crippen LogP contribution is 2.38. The minimum absolute atomic E-state index is 0.0284. The van der Waals surface area contributed by atoms with Gasteiger partial charge in [-0.2, -0.15) is 0 Å². The van der Waals surface area contributed by atoms with Crippen LogP contribution in [0, 0.1) is 11.8 Å². The Kier molecular flexibility index (Phi) is 7.25. The molecule has 0 spiro atoms. The zero-order chi connectivity index (χ0) is 27.7. The molecule has 9 nitrogen and oxygen atoms in total. The van der Waals surface area contributed by atoms with Gasteiger partial charge in [-0.05, 0) is 63.2 Å². The zero-order valence-corrected chi connectivity index (χ0v) is 23.2. The molecule has 0 saturated carbocycles. The second-order valence-corrected chi connectivity index (χ2v) is 11.2. The van der Waals surface area contributed by atoms with Crippen LogP contribution in [0.4, 0.5) is 10.5 Å². The summed E-state index contributed by atoms with van der Waals surface area (Å²) < 4.78 is 16.7. The number of anilines is 1. The topological polar surface area (TPSA) is 93.2 Å². The Morgan fingerprint density at radius 1 is 1.10 bits per heavy atom. The summed E-state index contributed by atoms with van der Waals surface area (Å²) in [6, 6.07) is 15.8. The maximum Gasteiger partial charge on any atom is 0.410 e.